The van der Waals surface area contributed by atoms with Crippen molar-refractivity contribution in [3.05, 3.63) is 71.8 Å². The Labute approximate surface area is 231 Å². The van der Waals surface area contributed by atoms with Crippen LogP contribution >= 0.6 is 0 Å². The molecule has 19 heteroatoms. The summed E-state index contributed by atoms with van der Waals surface area (Å²) in [5, 5.41) is 66.7. The van der Waals surface area contributed by atoms with E-state index in [0.29, 0.717) is 0 Å². The lowest BCUT2D eigenvalue weighted by Crippen LogP contribution is -2.41. The number of carbonyl (C=O) groups excluding carboxylic acids is 2. The van der Waals surface area contributed by atoms with Gasteiger partial charge in [0.25, 0.3) is 28.9 Å². The molecule has 0 heterocycles. The highest BCUT2D eigenvalue weighted by atomic mass is 16.6. The molecule has 0 saturated carbocycles. The number of hydrogen-bond donors (Lipinski definition) is 5. The average molecular weight is 576 g/mol. The topological polar surface area (TPSA) is 269 Å². The zero-order valence-electron chi connectivity index (χ0n) is 21.7. The number of anilines is 1. The van der Waals surface area contributed by atoms with Crippen LogP contribution in [-0.4, -0.2) is 81.5 Å². The van der Waals surface area contributed by atoms with Crippen molar-refractivity contribution in [3.63, 3.8) is 0 Å². The molecule has 0 fully saturated rings. The lowest BCUT2D eigenvalue weighted by Gasteiger charge is -2.15. The first-order valence-electron chi connectivity index (χ1n) is 11.8. The Morgan fingerprint density at radius 2 is 1.44 bits per heavy atom. The van der Waals surface area contributed by atoms with Gasteiger partial charge in [-0.1, -0.05) is 0 Å². The number of unbranched alkanes of at least 4 members (excludes halogenated alkanes) is 1. The Morgan fingerprint density at radius 3 is 1.90 bits per heavy atom. The standard InChI is InChI=1S/C22H25BN6O12/c1-26(2)19-17(28(38)39)9-13(10-18(19)29(40)41)20(30)24-6-4-3-5-16(22(32)33)25-21(31)12-7-14(23(34)35)11-15(8-12)27(36)37/h7-11,16,34-35H,3-6H2,1-2H3,(H,24,30)(H,25,31)(H,32,33)/t16-/m0/s1. The van der Waals surface area contributed by atoms with Crippen LogP contribution in [0.15, 0.2) is 30.3 Å². The molecule has 0 saturated heterocycles. The smallest absolute Gasteiger partial charge is 0.480 e. The van der Waals surface area contributed by atoms with Crippen LogP contribution in [0.3, 0.4) is 0 Å². The first-order valence-corrected chi connectivity index (χ1v) is 11.8. The molecule has 1 atom stereocenters. The first kappa shape index (κ1) is 32.0. The Kier molecular flexibility index (Phi) is 10.8. The van der Waals surface area contributed by atoms with Gasteiger partial charge in [-0.25, -0.2) is 4.79 Å². The van der Waals surface area contributed by atoms with Gasteiger partial charge in [-0.15, -0.1) is 0 Å². The highest BCUT2D eigenvalue weighted by Crippen LogP contribution is 2.37. The van der Waals surface area contributed by atoms with Crippen molar-refractivity contribution in [1.82, 2.24) is 10.6 Å². The lowest BCUT2D eigenvalue weighted by molar-refractivity contribution is -0.392. The number of carboxylic acid groups (broad SMARTS) is 1. The molecular weight excluding hydrogens is 551 g/mol. The maximum absolute atomic E-state index is 12.5. The van der Waals surface area contributed by atoms with Gasteiger partial charge in [0.1, 0.15) is 6.04 Å². The summed E-state index contributed by atoms with van der Waals surface area (Å²) < 4.78 is 0. The van der Waals surface area contributed by atoms with E-state index in [4.69, 9.17) is 0 Å². The molecular formula is C22H25BN6O12. The van der Waals surface area contributed by atoms with E-state index in [1.54, 1.807) is 0 Å². The number of rotatable bonds is 14. The number of nitro groups is 3. The SMILES string of the molecule is CN(C)c1c([N+](=O)[O-])cc(C(=O)NCCCC[C@H](NC(=O)c2cc(B(O)O)cc([N+](=O)[O-])c2)C(=O)O)cc1[N+](=O)[O-]. The van der Waals surface area contributed by atoms with Crippen LogP contribution in [0.5, 0.6) is 0 Å². The van der Waals surface area contributed by atoms with Crippen molar-refractivity contribution in [3.8, 4) is 0 Å². The number of non-ortho nitro benzene ring substituents is 1. The quantitative estimate of drug-likeness (QED) is 0.0855. The molecule has 0 bridgehead atoms. The van der Waals surface area contributed by atoms with Gasteiger partial charge in [0.2, 0.25) is 0 Å². The number of hydrogen-bond acceptors (Lipinski definition) is 12. The Balaban J connectivity index is 2.04. The Morgan fingerprint density at radius 1 is 0.878 bits per heavy atom. The lowest BCUT2D eigenvalue weighted by atomic mass is 9.79. The van der Waals surface area contributed by atoms with Crippen LogP contribution in [0.4, 0.5) is 22.7 Å². The molecule has 2 amide bonds. The van der Waals surface area contributed by atoms with Crippen molar-refractivity contribution in [2.24, 2.45) is 0 Å². The highest BCUT2D eigenvalue weighted by molar-refractivity contribution is 6.58. The fraction of sp³-hybridized carbons (Fsp3) is 0.318. The molecule has 18 nitrogen and oxygen atoms in total. The number of amides is 2. The molecule has 0 aliphatic rings. The number of aliphatic carboxylic acids is 1. The van der Waals surface area contributed by atoms with Crippen molar-refractivity contribution < 1.29 is 44.3 Å². The molecule has 0 radical (unpaired) electrons. The summed E-state index contributed by atoms with van der Waals surface area (Å²) in [7, 11) is 0.639. The second-order valence-electron chi connectivity index (χ2n) is 8.83. The summed E-state index contributed by atoms with van der Waals surface area (Å²) in [6.07, 6.45) is 0.200. The van der Waals surface area contributed by atoms with Crippen LogP contribution in [0.25, 0.3) is 0 Å². The molecule has 0 spiro atoms. The molecule has 218 valence electrons. The van der Waals surface area contributed by atoms with Gasteiger partial charge in [0, 0.05) is 50.5 Å². The fourth-order valence-electron chi connectivity index (χ4n) is 3.77. The van der Waals surface area contributed by atoms with Crippen LogP contribution in [-0.2, 0) is 4.79 Å². The van der Waals surface area contributed by atoms with Gasteiger partial charge >= 0.3 is 13.1 Å². The third kappa shape index (κ3) is 8.41. The summed E-state index contributed by atoms with van der Waals surface area (Å²) in [6, 6.07) is 3.02. The molecule has 0 aromatic heterocycles. The van der Waals surface area contributed by atoms with E-state index >= 15 is 0 Å². The summed E-state index contributed by atoms with van der Waals surface area (Å²) in [5.41, 5.74) is -3.22. The largest absolute Gasteiger partial charge is 0.488 e. The second-order valence-corrected chi connectivity index (χ2v) is 8.83. The predicted molar refractivity (Wildman–Crippen MR) is 142 cm³/mol. The molecule has 5 N–H and O–H groups in total. The third-order valence-electron chi connectivity index (χ3n) is 5.69. The summed E-state index contributed by atoms with van der Waals surface area (Å²) in [5.74, 6) is -3.27. The van der Waals surface area contributed by atoms with E-state index in [1.807, 2.05) is 0 Å². The van der Waals surface area contributed by atoms with Gasteiger partial charge < -0.3 is 30.7 Å². The van der Waals surface area contributed by atoms with Crippen LogP contribution < -0.4 is 21.0 Å². The summed E-state index contributed by atoms with van der Waals surface area (Å²) in [4.78, 5) is 69.3. The van der Waals surface area contributed by atoms with Crippen LogP contribution in [0.2, 0.25) is 0 Å². The van der Waals surface area contributed by atoms with E-state index in [1.165, 1.54) is 19.0 Å². The molecule has 2 aromatic rings. The zero-order valence-corrected chi connectivity index (χ0v) is 21.7. The van der Waals surface area contributed by atoms with Crippen molar-refractivity contribution in [1.29, 1.82) is 0 Å². The van der Waals surface area contributed by atoms with Crippen LogP contribution in [0, 0.1) is 30.3 Å². The maximum atomic E-state index is 12.5. The molecule has 2 rings (SSSR count). The van der Waals surface area contributed by atoms with Gasteiger partial charge in [0.05, 0.1) is 20.3 Å². The molecule has 0 aliphatic heterocycles. The molecule has 0 aliphatic carbocycles. The monoisotopic (exact) mass is 576 g/mol. The number of nitro benzene ring substituents is 3. The summed E-state index contributed by atoms with van der Waals surface area (Å²) in [6.45, 7) is -0.0429. The third-order valence-corrected chi connectivity index (χ3v) is 5.69. The Bertz CT molecular complexity index is 1350. The Hall–Kier alpha value is -5.17. The van der Waals surface area contributed by atoms with Gasteiger partial charge in [-0.2, -0.15) is 0 Å². The number of nitrogens with one attached hydrogen (secondary N) is 2. The molecule has 0 unspecified atom stereocenters. The second kappa shape index (κ2) is 13.8. The normalized spacial score (nSPS) is 11.2. The van der Waals surface area contributed by atoms with Crippen molar-refractivity contribution in [2.75, 3.05) is 25.5 Å². The minimum atomic E-state index is -2.12. The number of benzene rings is 2. The number of nitrogens with zero attached hydrogens (tertiary/aromatic N) is 4. The van der Waals surface area contributed by atoms with E-state index in [-0.39, 0.29) is 48.1 Å². The van der Waals surface area contributed by atoms with Gasteiger partial charge in [-0.05, 0) is 30.8 Å². The minimum absolute atomic E-state index is 0.0429. The van der Waals surface area contributed by atoms with Crippen LogP contribution in [0.1, 0.15) is 40.0 Å². The first-order chi connectivity index (χ1) is 19.1. The number of carboxylic acids is 1. The fourth-order valence-corrected chi connectivity index (χ4v) is 3.77. The molecule has 41 heavy (non-hydrogen) atoms. The van der Waals surface area contributed by atoms with E-state index in [9.17, 15) is 59.9 Å². The predicted octanol–water partition coefficient (Wildman–Crippen LogP) is -0.0597. The van der Waals surface area contributed by atoms with Gasteiger partial charge in [-0.3, -0.25) is 39.9 Å². The average Bonchev–Trinajstić information content (AvgIpc) is 2.90. The van der Waals surface area contributed by atoms with Gasteiger partial charge in [0.15, 0.2) is 5.69 Å². The van der Waals surface area contributed by atoms with E-state index in [2.05, 4.69) is 10.6 Å². The van der Waals surface area contributed by atoms with Crippen molar-refractivity contribution in [2.45, 2.75) is 25.3 Å². The minimum Gasteiger partial charge on any atom is -0.480 e. The summed E-state index contributed by atoms with van der Waals surface area (Å²) >= 11 is 0. The van der Waals surface area contributed by atoms with E-state index < -0.39 is 62.8 Å². The van der Waals surface area contributed by atoms with Crippen molar-refractivity contribution >= 4 is 53.1 Å². The maximum Gasteiger partial charge on any atom is 0.488 e. The van der Waals surface area contributed by atoms with E-state index in [0.717, 1.165) is 30.3 Å². The number of carbonyl (C=O) groups is 3. The highest BCUT2D eigenvalue weighted by Gasteiger charge is 2.30. The zero-order chi connectivity index (χ0) is 31.0. The molecule has 2 aromatic carbocycles.